The van der Waals surface area contributed by atoms with Crippen LogP contribution in [0.15, 0.2) is 12.3 Å². The Hall–Kier alpha value is -1.71. The summed E-state index contributed by atoms with van der Waals surface area (Å²) in [5.74, 6) is 0.656. The number of rotatable bonds is 2. The topological polar surface area (TPSA) is 58.6 Å². The predicted octanol–water partition coefficient (Wildman–Crippen LogP) is 2.04. The van der Waals surface area contributed by atoms with E-state index in [1.807, 2.05) is 12.3 Å². The van der Waals surface area contributed by atoms with Crippen LogP contribution in [0.25, 0.3) is 11.0 Å². The molecule has 0 atom stereocenters. The molecule has 15 heavy (non-hydrogen) atoms. The van der Waals surface area contributed by atoms with Crippen molar-refractivity contribution in [2.45, 2.75) is 25.7 Å². The molecule has 2 aromatic rings. The van der Waals surface area contributed by atoms with Crippen LogP contribution in [-0.4, -0.2) is 21.0 Å². The van der Waals surface area contributed by atoms with E-state index in [1.165, 1.54) is 25.3 Å². The third-order valence-corrected chi connectivity index (χ3v) is 2.83. The van der Waals surface area contributed by atoms with Crippen LogP contribution in [0.1, 0.15) is 41.7 Å². The molecule has 1 N–H and O–H groups in total. The van der Waals surface area contributed by atoms with E-state index in [4.69, 9.17) is 0 Å². The lowest BCUT2D eigenvalue weighted by Gasteiger charge is -1.97. The Morgan fingerprint density at radius 1 is 1.53 bits per heavy atom. The lowest BCUT2D eigenvalue weighted by Crippen LogP contribution is -1.93. The summed E-state index contributed by atoms with van der Waals surface area (Å²) in [4.78, 5) is 15.6. The van der Waals surface area contributed by atoms with Gasteiger partial charge in [-0.1, -0.05) is 0 Å². The van der Waals surface area contributed by atoms with Crippen LogP contribution in [-0.2, 0) is 0 Å². The molecule has 1 aliphatic carbocycles. The normalized spacial score (nSPS) is 15.8. The molecule has 0 aliphatic heterocycles. The number of aromatic amines is 1. The Morgan fingerprint density at radius 2 is 2.33 bits per heavy atom. The second-order valence-electron chi connectivity index (χ2n) is 4.07. The van der Waals surface area contributed by atoms with Crippen LogP contribution in [0.2, 0.25) is 0 Å². The summed E-state index contributed by atoms with van der Waals surface area (Å²) < 4.78 is 0. The van der Waals surface area contributed by atoms with Gasteiger partial charge in [0, 0.05) is 18.5 Å². The highest BCUT2D eigenvalue weighted by atomic mass is 16.1. The molecule has 3 rings (SSSR count). The van der Waals surface area contributed by atoms with E-state index in [0.29, 0.717) is 17.3 Å². The Morgan fingerprint density at radius 3 is 3.00 bits per heavy atom. The highest BCUT2D eigenvalue weighted by molar-refractivity contribution is 6.03. The molecule has 0 spiro atoms. The molecule has 2 heterocycles. The van der Waals surface area contributed by atoms with Crippen molar-refractivity contribution in [2.75, 3.05) is 0 Å². The molecule has 0 amide bonds. The minimum Gasteiger partial charge on any atom is -0.293 e. The highest BCUT2D eigenvalue weighted by Gasteiger charge is 2.24. The van der Waals surface area contributed by atoms with E-state index in [0.717, 1.165) is 5.39 Å². The maximum atomic E-state index is 11.3. The number of aromatic nitrogens is 3. The standard InChI is InChI=1S/C11H11N3O/c1-6(15)10-9-4-8(7-2-3-7)5-12-11(9)14-13-10/h4-5,7H,2-3H2,1H3,(H,12,13,14). The number of carbonyl (C=O) groups excluding carboxylic acids is 1. The van der Waals surface area contributed by atoms with Gasteiger partial charge in [-0.05, 0) is 30.4 Å². The van der Waals surface area contributed by atoms with Crippen LogP contribution in [0.5, 0.6) is 0 Å². The number of nitrogens with one attached hydrogen (secondary N) is 1. The first-order valence-electron chi connectivity index (χ1n) is 5.10. The average Bonchev–Trinajstić information content (AvgIpc) is 2.97. The van der Waals surface area contributed by atoms with Gasteiger partial charge in [-0.3, -0.25) is 9.89 Å². The summed E-state index contributed by atoms with van der Waals surface area (Å²) in [6.45, 7) is 1.54. The van der Waals surface area contributed by atoms with Crippen molar-refractivity contribution in [3.8, 4) is 0 Å². The Labute approximate surface area is 86.7 Å². The quantitative estimate of drug-likeness (QED) is 0.756. The Bertz CT molecular complexity index is 540. The van der Waals surface area contributed by atoms with Gasteiger partial charge >= 0.3 is 0 Å². The molecule has 0 bridgehead atoms. The van der Waals surface area contributed by atoms with Gasteiger partial charge in [-0.25, -0.2) is 4.98 Å². The third kappa shape index (κ3) is 1.33. The molecule has 0 unspecified atom stereocenters. The summed E-state index contributed by atoms with van der Waals surface area (Å²) in [5, 5.41) is 7.60. The van der Waals surface area contributed by atoms with E-state index in [2.05, 4.69) is 15.2 Å². The summed E-state index contributed by atoms with van der Waals surface area (Å²) in [6.07, 6.45) is 4.34. The largest absolute Gasteiger partial charge is 0.293 e. The Balaban J connectivity index is 2.21. The van der Waals surface area contributed by atoms with E-state index in [9.17, 15) is 4.79 Å². The fraction of sp³-hybridized carbons (Fsp3) is 0.364. The second kappa shape index (κ2) is 2.89. The highest BCUT2D eigenvalue weighted by Crippen LogP contribution is 2.40. The zero-order chi connectivity index (χ0) is 10.4. The molecular weight excluding hydrogens is 190 g/mol. The van der Waals surface area contributed by atoms with Crippen molar-refractivity contribution in [1.82, 2.24) is 15.2 Å². The van der Waals surface area contributed by atoms with Crippen LogP contribution < -0.4 is 0 Å². The minimum absolute atomic E-state index is 0.00671. The number of H-pyrrole nitrogens is 1. The van der Waals surface area contributed by atoms with Gasteiger partial charge < -0.3 is 0 Å². The van der Waals surface area contributed by atoms with Gasteiger partial charge in [-0.15, -0.1) is 0 Å². The fourth-order valence-corrected chi connectivity index (χ4v) is 1.82. The first kappa shape index (κ1) is 8.59. The van der Waals surface area contributed by atoms with Crippen LogP contribution in [0, 0.1) is 0 Å². The third-order valence-electron chi connectivity index (χ3n) is 2.83. The smallest absolute Gasteiger partial charge is 0.181 e. The molecule has 4 heteroatoms. The van der Waals surface area contributed by atoms with Crippen molar-refractivity contribution in [3.63, 3.8) is 0 Å². The van der Waals surface area contributed by atoms with E-state index < -0.39 is 0 Å². The van der Waals surface area contributed by atoms with Gasteiger partial charge in [-0.2, -0.15) is 5.10 Å². The number of nitrogens with zero attached hydrogens (tertiary/aromatic N) is 2. The van der Waals surface area contributed by atoms with Crippen molar-refractivity contribution in [2.24, 2.45) is 0 Å². The summed E-state index contributed by atoms with van der Waals surface area (Å²) in [7, 11) is 0. The number of ketones is 1. The SMILES string of the molecule is CC(=O)c1[nH]nc2ncc(C3CC3)cc12. The van der Waals surface area contributed by atoms with Crippen LogP contribution >= 0.6 is 0 Å². The van der Waals surface area contributed by atoms with Gasteiger partial charge in [0.15, 0.2) is 11.4 Å². The molecule has 0 radical (unpaired) electrons. The van der Waals surface area contributed by atoms with Crippen molar-refractivity contribution in [1.29, 1.82) is 0 Å². The summed E-state index contributed by atoms with van der Waals surface area (Å²) in [5.41, 5.74) is 2.43. The molecule has 0 aromatic carbocycles. The Kier molecular flexibility index (Phi) is 1.65. The zero-order valence-electron chi connectivity index (χ0n) is 8.45. The maximum Gasteiger partial charge on any atom is 0.181 e. The van der Waals surface area contributed by atoms with Crippen molar-refractivity contribution >= 4 is 16.8 Å². The summed E-state index contributed by atoms with van der Waals surface area (Å²) in [6, 6.07) is 2.04. The monoisotopic (exact) mass is 201 g/mol. The molecule has 1 fully saturated rings. The van der Waals surface area contributed by atoms with Crippen molar-refractivity contribution < 1.29 is 4.79 Å². The minimum atomic E-state index is 0.00671. The molecular formula is C11H11N3O. The van der Waals surface area contributed by atoms with Gasteiger partial charge in [0.25, 0.3) is 0 Å². The predicted molar refractivity (Wildman–Crippen MR) is 55.9 cm³/mol. The fourth-order valence-electron chi connectivity index (χ4n) is 1.82. The van der Waals surface area contributed by atoms with E-state index in [-0.39, 0.29) is 5.78 Å². The lowest BCUT2D eigenvalue weighted by atomic mass is 10.1. The number of hydrogen-bond donors (Lipinski definition) is 1. The lowest BCUT2D eigenvalue weighted by molar-refractivity contribution is 0.101. The molecule has 2 aromatic heterocycles. The molecule has 1 aliphatic rings. The van der Waals surface area contributed by atoms with Crippen molar-refractivity contribution in [3.05, 3.63) is 23.5 Å². The first-order valence-corrected chi connectivity index (χ1v) is 5.10. The number of hydrogen-bond acceptors (Lipinski definition) is 3. The number of Topliss-reactive ketones (excluding diaryl/α,β-unsaturated/α-hetero) is 1. The van der Waals surface area contributed by atoms with E-state index in [1.54, 1.807) is 0 Å². The van der Waals surface area contributed by atoms with Crippen LogP contribution in [0.3, 0.4) is 0 Å². The van der Waals surface area contributed by atoms with Gasteiger partial charge in [0.2, 0.25) is 0 Å². The molecule has 76 valence electrons. The van der Waals surface area contributed by atoms with Gasteiger partial charge in [0.1, 0.15) is 5.69 Å². The van der Waals surface area contributed by atoms with Crippen LogP contribution in [0.4, 0.5) is 0 Å². The molecule has 4 nitrogen and oxygen atoms in total. The molecule has 0 saturated heterocycles. The molecule has 1 saturated carbocycles. The average molecular weight is 201 g/mol. The van der Waals surface area contributed by atoms with E-state index >= 15 is 0 Å². The zero-order valence-corrected chi connectivity index (χ0v) is 8.45. The first-order chi connectivity index (χ1) is 7.25. The number of pyridine rings is 1. The number of fused-ring (bicyclic) bond motifs is 1. The van der Waals surface area contributed by atoms with Gasteiger partial charge in [0.05, 0.1) is 0 Å². The number of carbonyl (C=O) groups is 1. The summed E-state index contributed by atoms with van der Waals surface area (Å²) >= 11 is 0. The second-order valence-corrected chi connectivity index (χ2v) is 4.07. The maximum absolute atomic E-state index is 11.3.